The summed E-state index contributed by atoms with van der Waals surface area (Å²) in [7, 11) is 0. The van der Waals surface area contributed by atoms with Gasteiger partial charge in [-0.25, -0.2) is 0 Å². The number of carbonyl (C=O) groups excluding carboxylic acids is 2. The van der Waals surface area contributed by atoms with Gasteiger partial charge in [0, 0.05) is 10.7 Å². The van der Waals surface area contributed by atoms with Crippen LogP contribution in [0.5, 0.6) is 0 Å². The quantitative estimate of drug-likeness (QED) is 0.719. The van der Waals surface area contributed by atoms with Gasteiger partial charge in [-0.3, -0.25) is 9.59 Å². The maximum atomic E-state index is 11.5. The van der Waals surface area contributed by atoms with Crippen molar-refractivity contribution < 1.29 is 14.7 Å². The van der Waals surface area contributed by atoms with Gasteiger partial charge in [-0.05, 0) is 24.6 Å². The molecule has 0 unspecified atom stereocenters. The highest BCUT2D eigenvalue weighted by Gasteiger charge is 2.17. The SMILES string of the molecule is CC[C@@H](CO)NC(=O)C(=O)Nc1cccc(Cl)c1. The highest BCUT2D eigenvalue weighted by Crippen LogP contribution is 2.14. The van der Waals surface area contributed by atoms with Gasteiger partial charge in [0.05, 0.1) is 12.6 Å². The molecule has 18 heavy (non-hydrogen) atoms. The summed E-state index contributed by atoms with van der Waals surface area (Å²) >= 11 is 5.75. The van der Waals surface area contributed by atoms with Gasteiger partial charge in [-0.15, -0.1) is 0 Å². The highest BCUT2D eigenvalue weighted by molar-refractivity contribution is 6.40. The van der Waals surface area contributed by atoms with Crippen LogP contribution in [0.1, 0.15) is 13.3 Å². The van der Waals surface area contributed by atoms with Crippen molar-refractivity contribution in [1.82, 2.24) is 5.32 Å². The van der Waals surface area contributed by atoms with Crippen LogP contribution in [0.2, 0.25) is 5.02 Å². The number of nitrogens with one attached hydrogen (secondary N) is 2. The average molecular weight is 271 g/mol. The summed E-state index contributed by atoms with van der Waals surface area (Å²) in [4.78, 5) is 23.0. The van der Waals surface area contributed by atoms with Gasteiger partial charge in [-0.1, -0.05) is 24.6 Å². The van der Waals surface area contributed by atoms with Crippen LogP contribution in [0.4, 0.5) is 5.69 Å². The van der Waals surface area contributed by atoms with Crippen molar-refractivity contribution in [3.63, 3.8) is 0 Å². The second-order valence-electron chi connectivity index (χ2n) is 3.73. The molecule has 2 amide bonds. The molecule has 0 aromatic heterocycles. The maximum absolute atomic E-state index is 11.5. The summed E-state index contributed by atoms with van der Waals surface area (Å²) in [6.07, 6.45) is 0.548. The number of carbonyl (C=O) groups is 2. The van der Waals surface area contributed by atoms with Crippen molar-refractivity contribution in [3.05, 3.63) is 29.3 Å². The number of hydrogen-bond donors (Lipinski definition) is 3. The third-order valence-corrected chi connectivity index (χ3v) is 2.57. The van der Waals surface area contributed by atoms with Crippen LogP contribution >= 0.6 is 11.6 Å². The number of rotatable bonds is 4. The van der Waals surface area contributed by atoms with Crippen molar-refractivity contribution in [2.24, 2.45) is 0 Å². The van der Waals surface area contributed by atoms with E-state index in [2.05, 4.69) is 10.6 Å². The van der Waals surface area contributed by atoms with E-state index in [-0.39, 0.29) is 6.61 Å². The molecule has 0 saturated heterocycles. The Bertz CT molecular complexity index is 433. The first-order valence-corrected chi connectivity index (χ1v) is 5.93. The lowest BCUT2D eigenvalue weighted by molar-refractivity contribution is -0.136. The number of amides is 2. The fourth-order valence-corrected chi connectivity index (χ4v) is 1.47. The van der Waals surface area contributed by atoms with Gasteiger partial charge >= 0.3 is 11.8 Å². The maximum Gasteiger partial charge on any atom is 0.313 e. The minimum Gasteiger partial charge on any atom is -0.394 e. The van der Waals surface area contributed by atoms with E-state index in [4.69, 9.17) is 16.7 Å². The van der Waals surface area contributed by atoms with Gasteiger partial charge in [0.25, 0.3) is 0 Å². The topological polar surface area (TPSA) is 78.4 Å². The molecule has 98 valence electrons. The largest absolute Gasteiger partial charge is 0.394 e. The number of hydrogen-bond acceptors (Lipinski definition) is 3. The molecule has 0 radical (unpaired) electrons. The minimum absolute atomic E-state index is 0.202. The Kier molecular flexibility index (Phi) is 5.61. The molecule has 0 heterocycles. The average Bonchev–Trinajstić information content (AvgIpc) is 2.35. The molecule has 5 nitrogen and oxygen atoms in total. The molecular formula is C12H15ClN2O3. The van der Waals surface area contributed by atoms with Gasteiger partial charge in [0.15, 0.2) is 0 Å². The van der Waals surface area contributed by atoms with Crippen molar-refractivity contribution in [3.8, 4) is 0 Å². The number of halogens is 1. The smallest absolute Gasteiger partial charge is 0.313 e. The minimum atomic E-state index is -0.788. The molecule has 1 aromatic carbocycles. The van der Waals surface area contributed by atoms with Gasteiger partial charge < -0.3 is 15.7 Å². The second-order valence-corrected chi connectivity index (χ2v) is 4.16. The molecule has 0 aliphatic heterocycles. The molecule has 0 aliphatic rings. The van der Waals surface area contributed by atoms with Crippen LogP contribution in [0.3, 0.4) is 0 Å². The van der Waals surface area contributed by atoms with E-state index in [1.54, 1.807) is 25.1 Å². The lowest BCUT2D eigenvalue weighted by atomic mass is 10.2. The fourth-order valence-electron chi connectivity index (χ4n) is 1.28. The summed E-state index contributed by atoms with van der Waals surface area (Å²) < 4.78 is 0. The lowest BCUT2D eigenvalue weighted by Crippen LogP contribution is -2.43. The predicted molar refractivity (Wildman–Crippen MR) is 69.4 cm³/mol. The number of anilines is 1. The summed E-state index contributed by atoms with van der Waals surface area (Å²) in [6.45, 7) is 1.60. The summed E-state index contributed by atoms with van der Waals surface area (Å²) in [5, 5.41) is 14.2. The summed E-state index contributed by atoms with van der Waals surface area (Å²) in [5.74, 6) is -1.57. The van der Waals surface area contributed by atoms with Gasteiger partial charge in [0.1, 0.15) is 0 Å². The Hall–Kier alpha value is -1.59. The molecule has 0 fully saturated rings. The fraction of sp³-hybridized carbons (Fsp3) is 0.333. The Labute approximate surface area is 110 Å². The first-order valence-electron chi connectivity index (χ1n) is 5.55. The molecule has 1 atom stereocenters. The molecular weight excluding hydrogens is 256 g/mol. The summed E-state index contributed by atoms with van der Waals surface area (Å²) in [5.41, 5.74) is 0.444. The molecule has 1 aromatic rings. The molecule has 0 spiro atoms. The third-order valence-electron chi connectivity index (χ3n) is 2.34. The first-order chi connectivity index (χ1) is 8.56. The Morgan fingerprint density at radius 1 is 1.39 bits per heavy atom. The Balaban J connectivity index is 2.57. The van der Waals surface area contributed by atoms with Gasteiger partial charge in [-0.2, -0.15) is 0 Å². The number of aliphatic hydroxyl groups excluding tert-OH is 1. The number of benzene rings is 1. The van der Waals surface area contributed by atoms with E-state index in [0.717, 1.165) is 0 Å². The molecule has 0 bridgehead atoms. The first kappa shape index (κ1) is 14.5. The summed E-state index contributed by atoms with van der Waals surface area (Å²) in [6, 6.07) is 6.08. The van der Waals surface area contributed by atoms with E-state index in [9.17, 15) is 9.59 Å². The Morgan fingerprint density at radius 2 is 2.11 bits per heavy atom. The van der Waals surface area contributed by atoms with Crippen LogP contribution in [0.15, 0.2) is 24.3 Å². The lowest BCUT2D eigenvalue weighted by Gasteiger charge is -2.13. The van der Waals surface area contributed by atoms with Crippen LogP contribution in [-0.4, -0.2) is 29.6 Å². The van der Waals surface area contributed by atoms with Crippen molar-refractivity contribution in [2.75, 3.05) is 11.9 Å². The molecule has 1 rings (SSSR count). The van der Waals surface area contributed by atoms with Crippen molar-refractivity contribution in [1.29, 1.82) is 0 Å². The number of aliphatic hydroxyl groups is 1. The molecule has 3 N–H and O–H groups in total. The zero-order chi connectivity index (χ0) is 13.5. The third kappa shape index (κ3) is 4.35. The standard InChI is InChI=1S/C12H15ClN2O3/c1-2-9(7-16)14-11(17)12(18)15-10-5-3-4-8(13)6-10/h3-6,9,16H,2,7H2,1H3,(H,14,17)(H,15,18)/t9-/m0/s1. The van der Waals surface area contributed by atoms with Crippen LogP contribution in [-0.2, 0) is 9.59 Å². The van der Waals surface area contributed by atoms with Crippen LogP contribution < -0.4 is 10.6 Å². The molecule has 0 saturated carbocycles. The highest BCUT2D eigenvalue weighted by atomic mass is 35.5. The van der Waals surface area contributed by atoms with Crippen LogP contribution in [0, 0.1) is 0 Å². The Morgan fingerprint density at radius 3 is 2.67 bits per heavy atom. The zero-order valence-corrected chi connectivity index (χ0v) is 10.7. The van der Waals surface area contributed by atoms with Crippen molar-refractivity contribution >= 4 is 29.1 Å². The van der Waals surface area contributed by atoms with Gasteiger partial charge in [0.2, 0.25) is 0 Å². The van der Waals surface area contributed by atoms with E-state index in [0.29, 0.717) is 17.1 Å². The molecule has 0 aliphatic carbocycles. The van der Waals surface area contributed by atoms with Crippen molar-refractivity contribution in [2.45, 2.75) is 19.4 Å². The van der Waals surface area contributed by atoms with E-state index in [1.807, 2.05) is 0 Å². The predicted octanol–water partition coefficient (Wildman–Crippen LogP) is 1.17. The van der Waals surface area contributed by atoms with E-state index >= 15 is 0 Å². The normalized spacial score (nSPS) is 11.7. The molecule has 6 heteroatoms. The van der Waals surface area contributed by atoms with E-state index in [1.165, 1.54) is 6.07 Å². The second kappa shape index (κ2) is 6.98. The monoisotopic (exact) mass is 270 g/mol. The van der Waals surface area contributed by atoms with E-state index < -0.39 is 17.9 Å². The van der Waals surface area contributed by atoms with Crippen LogP contribution in [0.25, 0.3) is 0 Å². The zero-order valence-electron chi connectivity index (χ0n) is 9.94.